The highest BCUT2D eigenvalue weighted by Gasteiger charge is 2.45. The number of benzene rings is 2. The number of imidazole rings is 1. The Kier molecular flexibility index (Phi) is 11.2. The highest BCUT2D eigenvalue weighted by atomic mass is 35.5. The third-order valence-electron chi connectivity index (χ3n) is 12.9. The Labute approximate surface area is 355 Å². The number of hydrogen-bond acceptors (Lipinski definition) is 11. The van der Waals surface area contributed by atoms with Crippen molar-refractivity contribution in [1.29, 1.82) is 0 Å². The van der Waals surface area contributed by atoms with Gasteiger partial charge < -0.3 is 25.0 Å². The van der Waals surface area contributed by atoms with E-state index in [-0.39, 0.29) is 42.0 Å². The quantitative estimate of drug-likeness (QED) is 0.169. The Morgan fingerprint density at radius 2 is 1.58 bits per heavy atom. The van der Waals surface area contributed by atoms with Crippen molar-refractivity contribution in [2.75, 3.05) is 49.5 Å². The number of rotatable bonds is 11. The van der Waals surface area contributed by atoms with E-state index in [9.17, 15) is 24.0 Å². The molecule has 314 valence electrons. The maximum atomic E-state index is 15.4. The molecule has 3 N–H and O–H groups in total. The normalized spacial score (nSPS) is 22.9. The van der Waals surface area contributed by atoms with Crippen LogP contribution in [0.5, 0.6) is 0 Å². The Hall–Kier alpha value is -5.19. The fraction of sp³-hybridized carbons (Fsp3) is 0.476. The summed E-state index contributed by atoms with van der Waals surface area (Å²) in [5.74, 6) is -1.55. The first-order valence-corrected chi connectivity index (χ1v) is 21.5. The largest absolute Gasteiger partial charge is 0.369 e. The van der Waals surface area contributed by atoms with Gasteiger partial charge in [0, 0.05) is 44.7 Å². The molecule has 4 fully saturated rings. The molecule has 9 rings (SSSR count). The second kappa shape index (κ2) is 16.7. The molecule has 1 aliphatic carbocycles. The summed E-state index contributed by atoms with van der Waals surface area (Å²) < 4.78 is 17.5. The van der Waals surface area contributed by atoms with Gasteiger partial charge in [-0.15, -0.1) is 0 Å². The summed E-state index contributed by atoms with van der Waals surface area (Å²) in [6.45, 7) is 5.09. The molecule has 18 heteroatoms. The van der Waals surface area contributed by atoms with Crippen LogP contribution in [0.2, 0.25) is 10.0 Å². The second-order valence-electron chi connectivity index (χ2n) is 16.6. The highest BCUT2D eigenvalue weighted by Crippen LogP contribution is 2.37. The van der Waals surface area contributed by atoms with Crippen LogP contribution in [-0.2, 0) is 9.59 Å². The van der Waals surface area contributed by atoms with E-state index in [4.69, 9.17) is 23.2 Å². The van der Waals surface area contributed by atoms with Gasteiger partial charge in [0.15, 0.2) is 11.5 Å². The van der Waals surface area contributed by atoms with Gasteiger partial charge in [-0.05, 0) is 101 Å². The lowest BCUT2D eigenvalue weighted by atomic mass is 9.86. The van der Waals surface area contributed by atoms with Gasteiger partial charge in [0.05, 0.1) is 38.8 Å². The molecule has 4 aliphatic heterocycles. The smallest absolute Gasteiger partial charge is 0.262 e. The molecule has 4 aromatic rings. The fourth-order valence-corrected chi connectivity index (χ4v) is 10.0. The van der Waals surface area contributed by atoms with E-state index in [1.54, 1.807) is 30.9 Å². The molecule has 5 amide bonds. The van der Waals surface area contributed by atoms with Crippen LogP contribution in [-0.4, -0.2) is 110 Å². The van der Waals surface area contributed by atoms with Crippen molar-refractivity contribution in [3.63, 3.8) is 0 Å². The molecule has 0 spiro atoms. The number of carbonyl (C=O) groups is 5. The Morgan fingerprint density at radius 3 is 2.30 bits per heavy atom. The van der Waals surface area contributed by atoms with Gasteiger partial charge in [0.25, 0.3) is 17.7 Å². The molecule has 1 atom stereocenters. The van der Waals surface area contributed by atoms with Gasteiger partial charge in [0.2, 0.25) is 11.8 Å². The minimum atomic E-state index is -1.09. The van der Waals surface area contributed by atoms with E-state index in [1.165, 1.54) is 6.07 Å². The maximum Gasteiger partial charge on any atom is 0.262 e. The first kappa shape index (κ1) is 40.2. The summed E-state index contributed by atoms with van der Waals surface area (Å²) >= 11 is 12.4. The number of nitrogens with zero attached hydrogens (tertiary/aromatic N) is 7. The third kappa shape index (κ3) is 7.80. The number of hydrogen-bond donors (Lipinski definition) is 3. The Bertz CT molecular complexity index is 2350. The highest BCUT2D eigenvalue weighted by molar-refractivity contribution is 6.39. The molecular formula is C42H45Cl2FN10O5. The van der Waals surface area contributed by atoms with Crippen LogP contribution in [0.1, 0.15) is 94.9 Å². The molecule has 15 nitrogen and oxygen atoms in total. The number of aromatic nitrogens is 4. The zero-order valence-electron chi connectivity index (χ0n) is 32.8. The van der Waals surface area contributed by atoms with Gasteiger partial charge in [-0.25, -0.2) is 19.3 Å². The van der Waals surface area contributed by atoms with E-state index in [0.717, 1.165) is 93.3 Å². The molecule has 0 radical (unpaired) electrons. The molecule has 2 aromatic carbocycles. The van der Waals surface area contributed by atoms with Crippen LogP contribution in [0.4, 0.5) is 15.9 Å². The number of likely N-dealkylation sites (tertiary alicyclic amines) is 1. The minimum Gasteiger partial charge on any atom is -0.369 e. The van der Waals surface area contributed by atoms with Gasteiger partial charge in [-0.1, -0.05) is 29.3 Å². The predicted octanol–water partition coefficient (Wildman–Crippen LogP) is 5.24. The molecule has 3 saturated heterocycles. The number of imide groups is 2. The Balaban J connectivity index is 0.708. The SMILES string of the molecule is O=C1CCC(N2C(=O)c3cc(F)c(N4CCC(CN5CCC(CCNc6ncnc7c6ncn7C6CC(NC(=O)c7c(Cl)cccc7Cl)C6)CC5)CC4)cc3C2=O)C(=O)N1. The zero-order chi connectivity index (χ0) is 41.7. The summed E-state index contributed by atoms with van der Waals surface area (Å²) in [7, 11) is 0. The van der Waals surface area contributed by atoms with Crippen LogP contribution in [0.3, 0.4) is 0 Å². The number of carbonyl (C=O) groups excluding carboxylic acids is 5. The van der Waals surface area contributed by atoms with Crippen molar-refractivity contribution in [3.8, 4) is 0 Å². The van der Waals surface area contributed by atoms with Gasteiger partial charge in [-0.3, -0.25) is 34.2 Å². The first-order chi connectivity index (χ1) is 29.0. The predicted molar refractivity (Wildman–Crippen MR) is 222 cm³/mol. The monoisotopic (exact) mass is 858 g/mol. The third-order valence-corrected chi connectivity index (χ3v) is 13.6. The van der Waals surface area contributed by atoms with E-state index in [1.807, 2.05) is 4.90 Å². The lowest BCUT2D eigenvalue weighted by molar-refractivity contribution is -0.136. The molecule has 2 aromatic heterocycles. The van der Waals surface area contributed by atoms with Gasteiger partial charge in [0.1, 0.15) is 23.7 Å². The second-order valence-corrected chi connectivity index (χ2v) is 17.4. The van der Waals surface area contributed by atoms with Crippen LogP contribution in [0.15, 0.2) is 43.0 Å². The van der Waals surface area contributed by atoms with E-state index in [0.29, 0.717) is 52.0 Å². The maximum absolute atomic E-state index is 15.4. The van der Waals surface area contributed by atoms with Crippen molar-refractivity contribution in [2.45, 2.75) is 75.9 Å². The van der Waals surface area contributed by atoms with Crippen molar-refractivity contribution in [3.05, 3.63) is 75.5 Å². The standard InChI is InChI=1S/C42H45Cl2FN10O5/c43-29-2-1-3-30(44)35(29)40(58)50-25-16-26(17-25)54-22-49-36-37(47-21-48-38(36)54)46-11-6-23-7-12-52(13-8-23)20-24-9-14-53(15-10-24)33-19-28-27(18-31(33)45)41(59)55(42(28)60)32-4-5-34(56)51-39(32)57/h1-3,18-19,21-26,32H,4-17,20H2,(H,50,58)(H,46,47,48)(H,51,56,57). The molecule has 1 saturated carbocycles. The van der Waals surface area contributed by atoms with Gasteiger partial charge in [-0.2, -0.15) is 0 Å². The van der Waals surface area contributed by atoms with E-state index < -0.39 is 35.5 Å². The fourth-order valence-electron chi connectivity index (χ4n) is 9.45. The van der Waals surface area contributed by atoms with Crippen molar-refractivity contribution in [2.24, 2.45) is 11.8 Å². The first-order valence-electron chi connectivity index (χ1n) is 20.7. The minimum absolute atomic E-state index is 0.00806. The summed E-state index contributed by atoms with van der Waals surface area (Å²) in [5, 5.41) is 9.38. The molecular weight excluding hydrogens is 814 g/mol. The van der Waals surface area contributed by atoms with Crippen molar-refractivity contribution in [1.82, 2.24) is 40.0 Å². The number of amides is 5. The van der Waals surface area contributed by atoms with E-state index in [2.05, 4.69) is 40.4 Å². The number of halogens is 3. The summed E-state index contributed by atoms with van der Waals surface area (Å²) in [5.41, 5.74) is 2.11. The van der Waals surface area contributed by atoms with Gasteiger partial charge >= 0.3 is 0 Å². The summed E-state index contributed by atoms with van der Waals surface area (Å²) in [6, 6.07) is 6.63. The summed E-state index contributed by atoms with van der Waals surface area (Å²) in [4.78, 5) is 82.3. The van der Waals surface area contributed by atoms with Crippen LogP contribution >= 0.6 is 23.2 Å². The average Bonchev–Trinajstić information content (AvgIpc) is 3.74. The van der Waals surface area contributed by atoms with Crippen molar-refractivity contribution >= 4 is 75.4 Å². The number of anilines is 2. The average molecular weight is 860 g/mol. The van der Waals surface area contributed by atoms with Crippen LogP contribution in [0, 0.1) is 17.7 Å². The van der Waals surface area contributed by atoms with Crippen molar-refractivity contribution < 1.29 is 28.4 Å². The lowest BCUT2D eigenvalue weighted by Crippen LogP contribution is -2.54. The molecule has 6 heterocycles. The Morgan fingerprint density at radius 1 is 0.883 bits per heavy atom. The van der Waals surface area contributed by atoms with Crippen LogP contribution < -0.4 is 20.9 Å². The molecule has 0 bridgehead atoms. The molecule has 5 aliphatic rings. The number of nitrogens with one attached hydrogen (secondary N) is 3. The number of piperidine rings is 3. The van der Waals surface area contributed by atoms with E-state index >= 15 is 4.39 Å². The molecule has 60 heavy (non-hydrogen) atoms. The molecule has 1 unspecified atom stereocenters. The number of fused-ring (bicyclic) bond motifs is 2. The zero-order valence-corrected chi connectivity index (χ0v) is 34.4. The summed E-state index contributed by atoms with van der Waals surface area (Å²) in [6.07, 6.45) is 9.92. The lowest BCUT2D eigenvalue weighted by Gasteiger charge is -2.38. The van der Waals surface area contributed by atoms with Crippen LogP contribution in [0.25, 0.3) is 11.2 Å². The topological polar surface area (TPSA) is 175 Å².